The van der Waals surface area contributed by atoms with Crippen molar-refractivity contribution in [3.05, 3.63) is 34.9 Å². The molecule has 0 aliphatic carbocycles. The van der Waals surface area contributed by atoms with Crippen LogP contribution in [-0.4, -0.2) is 65.8 Å². The van der Waals surface area contributed by atoms with Crippen LogP contribution in [-0.2, 0) is 16.1 Å². The van der Waals surface area contributed by atoms with Gasteiger partial charge < -0.3 is 9.80 Å². The molecule has 0 unspecified atom stereocenters. The molecule has 3 rings (SSSR count). The van der Waals surface area contributed by atoms with Crippen LogP contribution >= 0.6 is 11.6 Å². The molecular weight excluding hydrogens is 338 g/mol. The summed E-state index contributed by atoms with van der Waals surface area (Å²) in [5.41, 5.74) is 1.21. The van der Waals surface area contributed by atoms with Gasteiger partial charge in [-0.05, 0) is 30.5 Å². The molecule has 136 valence electrons. The number of hydrogen-bond donors (Lipinski definition) is 0. The first-order valence-electron chi connectivity index (χ1n) is 9.04. The quantitative estimate of drug-likeness (QED) is 0.827. The number of halogens is 1. The highest BCUT2D eigenvalue weighted by Crippen LogP contribution is 2.21. The smallest absolute Gasteiger partial charge is 0.225 e. The van der Waals surface area contributed by atoms with Gasteiger partial charge in [-0.2, -0.15) is 0 Å². The molecule has 0 radical (unpaired) electrons. The minimum absolute atomic E-state index is 0.0788. The van der Waals surface area contributed by atoms with E-state index in [9.17, 15) is 9.59 Å². The van der Waals surface area contributed by atoms with E-state index in [0.29, 0.717) is 13.1 Å². The van der Waals surface area contributed by atoms with E-state index in [2.05, 4.69) is 11.0 Å². The van der Waals surface area contributed by atoms with Crippen molar-refractivity contribution in [1.82, 2.24) is 14.7 Å². The summed E-state index contributed by atoms with van der Waals surface area (Å²) in [5, 5.41) is 0.767. The Bertz CT molecular complexity index is 621. The number of benzene rings is 1. The van der Waals surface area contributed by atoms with Crippen LogP contribution < -0.4 is 0 Å². The van der Waals surface area contributed by atoms with Crippen molar-refractivity contribution in [2.45, 2.75) is 26.3 Å². The van der Waals surface area contributed by atoms with Gasteiger partial charge in [-0.25, -0.2) is 0 Å². The van der Waals surface area contributed by atoms with Crippen molar-refractivity contribution in [3.63, 3.8) is 0 Å². The molecule has 0 N–H and O–H groups in total. The van der Waals surface area contributed by atoms with Crippen LogP contribution in [0.25, 0.3) is 0 Å². The van der Waals surface area contributed by atoms with Crippen LogP contribution in [0.3, 0.4) is 0 Å². The Hall–Kier alpha value is -1.59. The Morgan fingerprint density at radius 1 is 1.04 bits per heavy atom. The van der Waals surface area contributed by atoms with Crippen LogP contribution in [0.1, 0.15) is 25.3 Å². The Morgan fingerprint density at radius 2 is 1.72 bits per heavy atom. The second-order valence-electron chi connectivity index (χ2n) is 7.01. The number of piperazine rings is 1. The highest BCUT2D eigenvalue weighted by atomic mass is 35.5. The minimum atomic E-state index is 0.0788. The molecule has 1 aromatic carbocycles. The fourth-order valence-corrected chi connectivity index (χ4v) is 3.93. The first-order valence-corrected chi connectivity index (χ1v) is 9.42. The van der Waals surface area contributed by atoms with Crippen molar-refractivity contribution >= 4 is 23.4 Å². The summed E-state index contributed by atoms with van der Waals surface area (Å²) < 4.78 is 0. The Balaban J connectivity index is 1.46. The molecule has 2 amide bonds. The number of carbonyl (C=O) groups excluding carboxylic acids is 2. The van der Waals surface area contributed by atoms with Crippen molar-refractivity contribution in [2.24, 2.45) is 5.92 Å². The minimum Gasteiger partial charge on any atom is -0.343 e. The van der Waals surface area contributed by atoms with Crippen molar-refractivity contribution in [3.8, 4) is 0 Å². The number of carbonyl (C=O) groups is 2. The van der Waals surface area contributed by atoms with Gasteiger partial charge in [0.1, 0.15) is 0 Å². The Morgan fingerprint density at radius 3 is 2.32 bits per heavy atom. The van der Waals surface area contributed by atoms with Gasteiger partial charge >= 0.3 is 0 Å². The van der Waals surface area contributed by atoms with E-state index in [1.807, 2.05) is 28.0 Å². The molecule has 25 heavy (non-hydrogen) atoms. The third-order valence-corrected chi connectivity index (χ3v) is 5.50. The van der Waals surface area contributed by atoms with E-state index in [4.69, 9.17) is 11.6 Å². The second-order valence-corrected chi connectivity index (χ2v) is 7.45. The molecule has 2 saturated heterocycles. The second kappa shape index (κ2) is 8.19. The van der Waals surface area contributed by atoms with E-state index in [1.54, 1.807) is 6.92 Å². The first kappa shape index (κ1) is 18.2. The lowest BCUT2D eigenvalue weighted by Crippen LogP contribution is -2.51. The molecule has 2 fully saturated rings. The molecular formula is C19H26ClN3O2. The monoisotopic (exact) mass is 363 g/mol. The van der Waals surface area contributed by atoms with Crippen molar-refractivity contribution in [1.29, 1.82) is 0 Å². The lowest BCUT2D eigenvalue weighted by atomic mass is 9.95. The van der Waals surface area contributed by atoms with E-state index in [-0.39, 0.29) is 17.7 Å². The Kier molecular flexibility index (Phi) is 5.97. The van der Waals surface area contributed by atoms with Gasteiger partial charge in [-0.3, -0.25) is 14.5 Å². The van der Waals surface area contributed by atoms with Gasteiger partial charge in [-0.15, -0.1) is 0 Å². The maximum absolute atomic E-state index is 12.7. The molecule has 0 aromatic heterocycles. The van der Waals surface area contributed by atoms with E-state index >= 15 is 0 Å². The van der Waals surface area contributed by atoms with Gasteiger partial charge in [0, 0.05) is 63.7 Å². The maximum Gasteiger partial charge on any atom is 0.225 e. The first-order chi connectivity index (χ1) is 12.0. The summed E-state index contributed by atoms with van der Waals surface area (Å²) in [5.74, 6) is 0.459. The SMILES string of the molecule is CC(=O)N1CCC(C(=O)N2CCN(Cc3cccc(Cl)c3)CC2)CC1. The van der Waals surface area contributed by atoms with E-state index in [0.717, 1.165) is 50.6 Å². The maximum atomic E-state index is 12.7. The average molecular weight is 364 g/mol. The number of hydrogen-bond acceptors (Lipinski definition) is 3. The van der Waals surface area contributed by atoms with E-state index < -0.39 is 0 Å². The molecule has 0 atom stereocenters. The topological polar surface area (TPSA) is 43.9 Å². The fourth-order valence-electron chi connectivity index (χ4n) is 3.72. The molecule has 6 heteroatoms. The highest BCUT2D eigenvalue weighted by molar-refractivity contribution is 6.30. The molecule has 2 aliphatic rings. The summed E-state index contributed by atoms with van der Waals surface area (Å²) >= 11 is 6.05. The largest absolute Gasteiger partial charge is 0.343 e. The fraction of sp³-hybridized carbons (Fsp3) is 0.579. The predicted octanol–water partition coefficient (Wildman–Crippen LogP) is 2.24. The average Bonchev–Trinajstić information content (AvgIpc) is 2.62. The molecule has 0 saturated carbocycles. The zero-order chi connectivity index (χ0) is 17.8. The lowest BCUT2D eigenvalue weighted by molar-refractivity contribution is -0.141. The number of nitrogens with zero attached hydrogens (tertiary/aromatic N) is 3. The molecule has 0 spiro atoms. The van der Waals surface area contributed by atoms with Crippen LogP contribution in [0.5, 0.6) is 0 Å². The third-order valence-electron chi connectivity index (χ3n) is 5.27. The predicted molar refractivity (Wildman–Crippen MR) is 98.3 cm³/mol. The number of amides is 2. The normalized spacial score (nSPS) is 19.9. The molecule has 0 bridgehead atoms. The van der Waals surface area contributed by atoms with Crippen LogP contribution in [0, 0.1) is 5.92 Å². The molecule has 5 nitrogen and oxygen atoms in total. The van der Waals surface area contributed by atoms with Crippen LogP contribution in [0.2, 0.25) is 5.02 Å². The van der Waals surface area contributed by atoms with E-state index in [1.165, 1.54) is 5.56 Å². The van der Waals surface area contributed by atoms with Crippen molar-refractivity contribution < 1.29 is 9.59 Å². The molecule has 2 aliphatic heterocycles. The zero-order valence-electron chi connectivity index (χ0n) is 14.8. The number of rotatable bonds is 3. The number of piperidine rings is 1. The highest BCUT2D eigenvalue weighted by Gasteiger charge is 2.30. The number of likely N-dealkylation sites (tertiary alicyclic amines) is 1. The van der Waals surface area contributed by atoms with Crippen LogP contribution in [0.4, 0.5) is 0 Å². The summed E-state index contributed by atoms with van der Waals surface area (Å²) in [6.45, 7) is 7.25. The van der Waals surface area contributed by atoms with Gasteiger partial charge in [0.15, 0.2) is 0 Å². The summed E-state index contributed by atoms with van der Waals surface area (Å²) in [4.78, 5) is 30.3. The van der Waals surface area contributed by atoms with Gasteiger partial charge in [0.2, 0.25) is 11.8 Å². The lowest BCUT2D eigenvalue weighted by Gasteiger charge is -2.38. The molecule has 2 heterocycles. The van der Waals surface area contributed by atoms with Gasteiger partial charge in [0.05, 0.1) is 0 Å². The summed E-state index contributed by atoms with van der Waals surface area (Å²) in [7, 11) is 0. The van der Waals surface area contributed by atoms with Crippen molar-refractivity contribution in [2.75, 3.05) is 39.3 Å². The Labute approximate surface area is 154 Å². The molecule has 1 aromatic rings. The standard InChI is InChI=1S/C19H26ClN3O2/c1-15(24)22-7-5-17(6-8-22)19(25)23-11-9-21(10-12-23)14-16-3-2-4-18(20)13-16/h2-4,13,17H,5-12,14H2,1H3. The van der Waals surface area contributed by atoms with Gasteiger partial charge in [-0.1, -0.05) is 23.7 Å². The third kappa shape index (κ3) is 4.73. The zero-order valence-corrected chi connectivity index (χ0v) is 15.5. The summed E-state index contributed by atoms with van der Waals surface area (Å²) in [6, 6.07) is 7.96. The van der Waals surface area contributed by atoms with Crippen LogP contribution in [0.15, 0.2) is 24.3 Å². The van der Waals surface area contributed by atoms with Gasteiger partial charge in [0.25, 0.3) is 0 Å². The summed E-state index contributed by atoms with van der Waals surface area (Å²) in [6.07, 6.45) is 1.59.